The van der Waals surface area contributed by atoms with Gasteiger partial charge in [0.2, 0.25) is 0 Å². The summed E-state index contributed by atoms with van der Waals surface area (Å²) in [4.78, 5) is 12.4. The Morgan fingerprint density at radius 2 is 1.80 bits per heavy atom. The van der Waals surface area contributed by atoms with Crippen LogP contribution in [-0.2, 0) is 6.54 Å². The molecule has 0 aliphatic carbocycles. The van der Waals surface area contributed by atoms with Crippen molar-refractivity contribution in [2.75, 3.05) is 5.32 Å². The molecular formula is C19H17Cl2N3O. The van der Waals surface area contributed by atoms with Crippen LogP contribution in [0.2, 0.25) is 10.0 Å². The summed E-state index contributed by atoms with van der Waals surface area (Å²) in [7, 11) is 0. The van der Waals surface area contributed by atoms with E-state index < -0.39 is 0 Å². The summed E-state index contributed by atoms with van der Waals surface area (Å²) in [6, 6.07) is 14.4. The Balaban J connectivity index is 1.72. The van der Waals surface area contributed by atoms with Crippen LogP contribution in [0.1, 0.15) is 27.3 Å². The second kappa shape index (κ2) is 7.30. The largest absolute Gasteiger partial charge is 0.321 e. The zero-order valence-corrected chi connectivity index (χ0v) is 15.4. The maximum atomic E-state index is 12.4. The van der Waals surface area contributed by atoms with Gasteiger partial charge in [-0.15, -0.1) is 0 Å². The first kappa shape index (κ1) is 17.5. The molecular weight excluding hydrogens is 357 g/mol. The Bertz CT molecular complexity index is 917. The number of rotatable bonds is 4. The van der Waals surface area contributed by atoms with Gasteiger partial charge in [-0.3, -0.25) is 9.48 Å². The highest BCUT2D eigenvalue weighted by molar-refractivity contribution is 6.35. The van der Waals surface area contributed by atoms with Gasteiger partial charge in [0.25, 0.3) is 5.91 Å². The van der Waals surface area contributed by atoms with E-state index in [1.807, 2.05) is 36.7 Å². The number of aromatic nitrogens is 2. The van der Waals surface area contributed by atoms with Crippen molar-refractivity contribution in [3.8, 4) is 0 Å². The number of benzene rings is 2. The predicted octanol–water partition coefficient (Wildman–Crippen LogP) is 5.11. The maximum absolute atomic E-state index is 12.4. The molecule has 0 bridgehead atoms. The Labute approximate surface area is 156 Å². The third-order valence-electron chi connectivity index (χ3n) is 3.83. The minimum Gasteiger partial charge on any atom is -0.321 e. The Morgan fingerprint density at radius 3 is 2.44 bits per heavy atom. The molecule has 0 aliphatic heterocycles. The van der Waals surface area contributed by atoms with Gasteiger partial charge in [-0.25, -0.2) is 0 Å². The van der Waals surface area contributed by atoms with E-state index in [9.17, 15) is 4.79 Å². The molecule has 0 unspecified atom stereocenters. The Morgan fingerprint density at radius 1 is 1.08 bits per heavy atom. The van der Waals surface area contributed by atoms with Crippen molar-refractivity contribution in [1.29, 1.82) is 0 Å². The molecule has 1 aromatic heterocycles. The first-order valence-electron chi connectivity index (χ1n) is 7.79. The minimum absolute atomic E-state index is 0.234. The van der Waals surface area contributed by atoms with Crippen LogP contribution < -0.4 is 5.32 Å². The lowest BCUT2D eigenvalue weighted by Crippen LogP contribution is -2.12. The molecule has 1 N–H and O–H groups in total. The molecule has 1 amide bonds. The Hall–Kier alpha value is -2.30. The van der Waals surface area contributed by atoms with Crippen LogP contribution in [0.3, 0.4) is 0 Å². The number of anilines is 1. The molecule has 0 radical (unpaired) electrons. The van der Waals surface area contributed by atoms with Crippen molar-refractivity contribution in [2.45, 2.75) is 20.4 Å². The van der Waals surface area contributed by atoms with Crippen LogP contribution in [-0.4, -0.2) is 15.7 Å². The van der Waals surface area contributed by atoms with Crippen LogP contribution in [0.25, 0.3) is 0 Å². The summed E-state index contributed by atoms with van der Waals surface area (Å²) in [6.45, 7) is 4.66. The number of hydrogen-bond donors (Lipinski definition) is 1. The van der Waals surface area contributed by atoms with Crippen molar-refractivity contribution in [3.63, 3.8) is 0 Å². The molecule has 1 heterocycles. The molecule has 3 rings (SSSR count). The maximum Gasteiger partial charge on any atom is 0.255 e. The van der Waals surface area contributed by atoms with Gasteiger partial charge in [0.05, 0.1) is 22.9 Å². The zero-order valence-electron chi connectivity index (χ0n) is 13.9. The molecule has 0 atom stereocenters. The lowest BCUT2D eigenvalue weighted by Gasteiger charge is -2.09. The fourth-order valence-corrected chi connectivity index (χ4v) is 2.89. The second-order valence-corrected chi connectivity index (χ2v) is 6.70. The number of nitrogens with one attached hydrogen (secondary N) is 1. The van der Waals surface area contributed by atoms with Crippen LogP contribution in [0.15, 0.2) is 48.5 Å². The third kappa shape index (κ3) is 4.21. The SMILES string of the molecule is Cc1cc(C)n(Cc2ccc(C(=O)Nc3cc(Cl)ccc3Cl)cc2)n1. The van der Waals surface area contributed by atoms with Crippen molar-refractivity contribution in [3.05, 3.63) is 81.1 Å². The quantitative estimate of drug-likeness (QED) is 0.690. The molecule has 2 aromatic carbocycles. The second-order valence-electron chi connectivity index (χ2n) is 5.86. The third-order valence-corrected chi connectivity index (χ3v) is 4.39. The topological polar surface area (TPSA) is 46.9 Å². The molecule has 6 heteroatoms. The van der Waals surface area contributed by atoms with Crippen molar-refractivity contribution >= 4 is 34.8 Å². The van der Waals surface area contributed by atoms with E-state index in [0.717, 1.165) is 17.0 Å². The van der Waals surface area contributed by atoms with E-state index in [1.54, 1.807) is 30.3 Å². The summed E-state index contributed by atoms with van der Waals surface area (Å²) < 4.78 is 1.94. The predicted molar refractivity (Wildman–Crippen MR) is 102 cm³/mol. The molecule has 0 spiro atoms. The average molecular weight is 374 g/mol. The van der Waals surface area contributed by atoms with E-state index >= 15 is 0 Å². The molecule has 3 aromatic rings. The smallest absolute Gasteiger partial charge is 0.255 e. The first-order valence-corrected chi connectivity index (χ1v) is 8.54. The van der Waals surface area contributed by atoms with Crippen LogP contribution in [0.4, 0.5) is 5.69 Å². The summed E-state index contributed by atoms with van der Waals surface area (Å²) in [5.74, 6) is -0.234. The van der Waals surface area contributed by atoms with Gasteiger partial charge in [-0.2, -0.15) is 5.10 Å². The Kier molecular flexibility index (Phi) is 5.11. The van der Waals surface area contributed by atoms with Crippen molar-refractivity contribution in [1.82, 2.24) is 9.78 Å². The minimum atomic E-state index is -0.234. The van der Waals surface area contributed by atoms with Gasteiger partial charge in [-0.1, -0.05) is 35.3 Å². The first-order chi connectivity index (χ1) is 11.9. The number of hydrogen-bond acceptors (Lipinski definition) is 2. The molecule has 0 aliphatic rings. The van der Waals surface area contributed by atoms with Gasteiger partial charge in [0.1, 0.15) is 0 Å². The lowest BCUT2D eigenvalue weighted by molar-refractivity contribution is 0.102. The molecule has 0 saturated heterocycles. The summed E-state index contributed by atoms with van der Waals surface area (Å²) in [6.07, 6.45) is 0. The molecule has 25 heavy (non-hydrogen) atoms. The highest BCUT2D eigenvalue weighted by Crippen LogP contribution is 2.26. The molecule has 128 valence electrons. The number of nitrogens with zero attached hydrogens (tertiary/aromatic N) is 2. The lowest BCUT2D eigenvalue weighted by atomic mass is 10.1. The monoisotopic (exact) mass is 373 g/mol. The summed E-state index contributed by atoms with van der Waals surface area (Å²) in [5.41, 5.74) is 4.21. The van der Waals surface area contributed by atoms with E-state index in [-0.39, 0.29) is 5.91 Å². The van der Waals surface area contributed by atoms with Crippen LogP contribution in [0.5, 0.6) is 0 Å². The van der Waals surface area contributed by atoms with Gasteiger partial charge in [0, 0.05) is 16.3 Å². The molecule has 0 fully saturated rings. The fraction of sp³-hybridized carbons (Fsp3) is 0.158. The van der Waals surface area contributed by atoms with Gasteiger partial charge < -0.3 is 5.32 Å². The van der Waals surface area contributed by atoms with Crippen molar-refractivity contribution in [2.24, 2.45) is 0 Å². The van der Waals surface area contributed by atoms with Crippen LogP contribution >= 0.6 is 23.2 Å². The van der Waals surface area contributed by atoms with Gasteiger partial charge in [0.15, 0.2) is 0 Å². The number of amides is 1. The fourth-order valence-electron chi connectivity index (χ4n) is 2.56. The average Bonchev–Trinajstić information content (AvgIpc) is 2.89. The number of halogens is 2. The van der Waals surface area contributed by atoms with Gasteiger partial charge >= 0.3 is 0 Å². The summed E-state index contributed by atoms with van der Waals surface area (Å²) in [5, 5.41) is 8.18. The van der Waals surface area contributed by atoms with E-state index in [2.05, 4.69) is 10.4 Å². The van der Waals surface area contributed by atoms with Gasteiger partial charge in [-0.05, 0) is 55.8 Å². The molecule has 0 saturated carbocycles. The number of carbonyl (C=O) groups is 1. The number of carbonyl (C=O) groups excluding carboxylic acids is 1. The molecule has 4 nitrogen and oxygen atoms in total. The van der Waals surface area contributed by atoms with Crippen LogP contribution in [0, 0.1) is 13.8 Å². The summed E-state index contributed by atoms with van der Waals surface area (Å²) >= 11 is 12.0. The van der Waals surface area contributed by atoms with E-state index in [1.165, 1.54) is 0 Å². The normalized spacial score (nSPS) is 10.7. The zero-order chi connectivity index (χ0) is 18.0. The highest BCUT2D eigenvalue weighted by Gasteiger charge is 2.10. The standard InChI is InChI=1S/C19H17Cl2N3O/c1-12-9-13(2)24(23-12)11-14-3-5-15(6-4-14)19(25)22-18-10-16(20)7-8-17(18)21/h3-10H,11H2,1-2H3,(H,22,25). The van der Waals surface area contributed by atoms with Crippen molar-refractivity contribution < 1.29 is 4.79 Å². The highest BCUT2D eigenvalue weighted by atomic mass is 35.5. The number of aryl methyl sites for hydroxylation is 2. The van der Waals surface area contributed by atoms with E-state index in [4.69, 9.17) is 23.2 Å². The van der Waals surface area contributed by atoms with E-state index in [0.29, 0.717) is 27.8 Å².